The Hall–Kier alpha value is -0.440. The van der Waals surface area contributed by atoms with Crippen LogP contribution in [-0.4, -0.2) is 5.11 Å². The number of rotatable bonds is 2. The monoisotopic (exact) mass is 320 g/mol. The Morgan fingerprint density at radius 3 is 2.11 bits per heavy atom. The Labute approximate surface area is 125 Å². The lowest BCUT2D eigenvalue weighted by Gasteiger charge is -2.12. The molecule has 0 amide bonds. The van der Waals surface area contributed by atoms with Crippen molar-refractivity contribution in [1.29, 1.82) is 0 Å². The minimum Gasteiger partial charge on any atom is -0.392 e. The fraction of sp³-hybridized carbons (Fsp3) is 0.0769. The minimum atomic E-state index is -0.175. The maximum absolute atomic E-state index is 9.39. The summed E-state index contributed by atoms with van der Waals surface area (Å²) in [7, 11) is 0. The lowest BCUT2D eigenvalue weighted by molar-refractivity contribution is 0.282. The van der Waals surface area contributed by atoms with Crippen LogP contribution in [0.3, 0.4) is 0 Å². The normalized spacial score (nSPS) is 10.7. The molecule has 1 N–H and O–H groups in total. The van der Waals surface area contributed by atoms with Gasteiger partial charge in [0.2, 0.25) is 0 Å². The third kappa shape index (κ3) is 2.61. The van der Waals surface area contributed by atoms with E-state index in [9.17, 15) is 5.11 Å². The molecule has 2 rings (SSSR count). The van der Waals surface area contributed by atoms with Crippen molar-refractivity contribution in [2.75, 3.05) is 0 Å². The zero-order chi connectivity index (χ0) is 13.3. The van der Waals surface area contributed by atoms with E-state index in [-0.39, 0.29) is 6.61 Å². The molecule has 0 aromatic heterocycles. The van der Waals surface area contributed by atoms with Crippen LogP contribution in [0.15, 0.2) is 30.3 Å². The Morgan fingerprint density at radius 1 is 0.778 bits per heavy atom. The van der Waals surface area contributed by atoms with Gasteiger partial charge in [0.25, 0.3) is 0 Å². The summed E-state index contributed by atoms with van der Waals surface area (Å²) in [5.41, 5.74) is 2.05. The zero-order valence-corrected chi connectivity index (χ0v) is 12.1. The maximum atomic E-state index is 9.39. The average molecular weight is 322 g/mol. The Balaban J connectivity index is 2.69. The van der Waals surface area contributed by atoms with E-state index < -0.39 is 0 Å². The minimum absolute atomic E-state index is 0.175. The molecule has 94 valence electrons. The summed E-state index contributed by atoms with van der Waals surface area (Å²) >= 11 is 24.1. The van der Waals surface area contributed by atoms with Crippen molar-refractivity contribution in [1.82, 2.24) is 0 Å². The summed E-state index contributed by atoms with van der Waals surface area (Å²) in [6.07, 6.45) is 0. The van der Waals surface area contributed by atoms with E-state index in [4.69, 9.17) is 46.4 Å². The molecule has 5 heteroatoms. The van der Waals surface area contributed by atoms with Crippen LogP contribution >= 0.6 is 46.4 Å². The third-order valence-electron chi connectivity index (χ3n) is 2.58. The second-order valence-electron chi connectivity index (χ2n) is 3.67. The lowest BCUT2D eigenvalue weighted by Crippen LogP contribution is -1.92. The van der Waals surface area contributed by atoms with Crippen molar-refractivity contribution >= 4 is 46.4 Å². The molecule has 0 unspecified atom stereocenters. The standard InChI is InChI=1S/C13H8Cl4O/c14-10-3-1-2-7(9(10)6-18)8-4-12(16)13(17)5-11(8)15/h1-5,18H,6H2. The Morgan fingerprint density at radius 2 is 1.44 bits per heavy atom. The summed E-state index contributed by atoms with van der Waals surface area (Å²) in [5.74, 6) is 0. The van der Waals surface area contributed by atoms with Gasteiger partial charge in [-0.05, 0) is 23.8 Å². The Kier molecular flexibility index (Phi) is 4.41. The number of aliphatic hydroxyl groups excluding tert-OH is 1. The molecular formula is C13H8Cl4O. The van der Waals surface area contributed by atoms with E-state index in [0.717, 1.165) is 5.56 Å². The molecule has 0 saturated heterocycles. The average Bonchev–Trinajstić information content (AvgIpc) is 2.33. The predicted molar refractivity (Wildman–Crippen MR) is 77.8 cm³/mol. The lowest BCUT2D eigenvalue weighted by atomic mass is 10.00. The van der Waals surface area contributed by atoms with Crippen LogP contribution in [-0.2, 0) is 6.61 Å². The highest BCUT2D eigenvalue weighted by Gasteiger charge is 2.13. The molecule has 0 saturated carbocycles. The molecule has 0 bridgehead atoms. The second-order valence-corrected chi connectivity index (χ2v) is 5.30. The molecule has 0 spiro atoms. The molecule has 1 nitrogen and oxygen atoms in total. The molecule has 0 aliphatic rings. The van der Waals surface area contributed by atoms with E-state index in [0.29, 0.717) is 31.2 Å². The first-order chi connectivity index (χ1) is 8.54. The molecule has 0 fully saturated rings. The summed E-state index contributed by atoms with van der Waals surface area (Å²) in [6, 6.07) is 8.56. The van der Waals surface area contributed by atoms with Crippen molar-refractivity contribution in [2.24, 2.45) is 0 Å². The highest BCUT2D eigenvalue weighted by atomic mass is 35.5. The molecule has 0 aliphatic heterocycles. The number of aliphatic hydroxyl groups is 1. The van der Waals surface area contributed by atoms with Gasteiger partial charge in [-0.1, -0.05) is 58.5 Å². The fourth-order valence-corrected chi connectivity index (χ4v) is 2.58. The van der Waals surface area contributed by atoms with Gasteiger partial charge < -0.3 is 5.11 Å². The first-order valence-corrected chi connectivity index (χ1v) is 6.59. The summed E-state index contributed by atoms with van der Waals surface area (Å²) in [4.78, 5) is 0. The van der Waals surface area contributed by atoms with Gasteiger partial charge in [-0.15, -0.1) is 0 Å². The maximum Gasteiger partial charge on any atom is 0.0702 e. The summed E-state index contributed by atoms with van der Waals surface area (Å²) in [5, 5.41) is 11.1. The van der Waals surface area contributed by atoms with E-state index >= 15 is 0 Å². The van der Waals surface area contributed by atoms with Crippen LogP contribution in [0.25, 0.3) is 11.1 Å². The van der Waals surface area contributed by atoms with Crippen LogP contribution in [0.2, 0.25) is 20.1 Å². The predicted octanol–water partition coefficient (Wildman–Crippen LogP) is 5.46. The van der Waals surface area contributed by atoms with Crippen LogP contribution < -0.4 is 0 Å². The summed E-state index contributed by atoms with van der Waals surface area (Å²) < 4.78 is 0. The van der Waals surface area contributed by atoms with Gasteiger partial charge in [0, 0.05) is 21.2 Å². The quantitative estimate of drug-likeness (QED) is 0.728. The first kappa shape index (κ1) is 14.0. The second kappa shape index (κ2) is 5.68. The number of hydrogen-bond acceptors (Lipinski definition) is 1. The first-order valence-electron chi connectivity index (χ1n) is 5.07. The van der Waals surface area contributed by atoms with Gasteiger partial charge in [-0.25, -0.2) is 0 Å². The van der Waals surface area contributed by atoms with Gasteiger partial charge in [-0.2, -0.15) is 0 Å². The van der Waals surface area contributed by atoms with Crippen LogP contribution in [0.1, 0.15) is 5.56 Å². The molecule has 0 heterocycles. The van der Waals surface area contributed by atoms with Crippen molar-refractivity contribution < 1.29 is 5.11 Å². The molecule has 0 radical (unpaired) electrons. The van der Waals surface area contributed by atoms with E-state index in [2.05, 4.69) is 0 Å². The zero-order valence-electron chi connectivity index (χ0n) is 9.05. The van der Waals surface area contributed by atoms with Crippen LogP contribution in [0, 0.1) is 0 Å². The van der Waals surface area contributed by atoms with E-state index in [1.165, 1.54) is 0 Å². The van der Waals surface area contributed by atoms with Crippen molar-refractivity contribution in [3.05, 3.63) is 56.0 Å². The van der Waals surface area contributed by atoms with Crippen molar-refractivity contribution in [3.8, 4) is 11.1 Å². The summed E-state index contributed by atoms with van der Waals surface area (Å²) in [6.45, 7) is -0.175. The number of hydrogen-bond donors (Lipinski definition) is 1. The molecular weight excluding hydrogens is 314 g/mol. The van der Waals surface area contributed by atoms with Gasteiger partial charge >= 0.3 is 0 Å². The highest BCUT2D eigenvalue weighted by molar-refractivity contribution is 6.44. The van der Waals surface area contributed by atoms with Crippen molar-refractivity contribution in [3.63, 3.8) is 0 Å². The number of halogens is 4. The van der Waals surface area contributed by atoms with Gasteiger partial charge in [0.1, 0.15) is 0 Å². The number of benzene rings is 2. The van der Waals surface area contributed by atoms with Gasteiger partial charge in [0.15, 0.2) is 0 Å². The van der Waals surface area contributed by atoms with E-state index in [1.54, 1.807) is 24.3 Å². The van der Waals surface area contributed by atoms with E-state index in [1.807, 2.05) is 6.07 Å². The highest BCUT2D eigenvalue weighted by Crippen LogP contribution is 2.38. The molecule has 0 atom stereocenters. The fourth-order valence-electron chi connectivity index (χ4n) is 1.70. The molecule has 2 aromatic rings. The van der Waals surface area contributed by atoms with Crippen molar-refractivity contribution in [2.45, 2.75) is 6.61 Å². The topological polar surface area (TPSA) is 20.2 Å². The third-order valence-corrected chi connectivity index (χ3v) is 3.97. The molecule has 18 heavy (non-hydrogen) atoms. The SMILES string of the molecule is OCc1c(Cl)cccc1-c1cc(Cl)c(Cl)cc1Cl. The largest absolute Gasteiger partial charge is 0.392 e. The van der Waals surface area contributed by atoms with Crippen LogP contribution in [0.5, 0.6) is 0 Å². The van der Waals surface area contributed by atoms with Crippen LogP contribution in [0.4, 0.5) is 0 Å². The van der Waals surface area contributed by atoms with Gasteiger partial charge in [0.05, 0.1) is 16.7 Å². The molecule has 2 aromatic carbocycles. The Bertz CT molecular complexity index is 596. The smallest absolute Gasteiger partial charge is 0.0702 e. The molecule has 0 aliphatic carbocycles. The van der Waals surface area contributed by atoms with Gasteiger partial charge in [-0.3, -0.25) is 0 Å².